The monoisotopic (exact) mass is 496 g/mol. The number of ether oxygens (including phenoxy) is 3. The Morgan fingerprint density at radius 3 is 2.73 bits per heavy atom. The van der Waals surface area contributed by atoms with E-state index in [4.69, 9.17) is 48.4 Å². The zero-order chi connectivity index (χ0) is 29.8. The van der Waals surface area contributed by atoms with Crippen molar-refractivity contribution in [3.05, 3.63) is 76.8 Å². The van der Waals surface area contributed by atoms with Crippen LogP contribution in [0.15, 0.2) is 61.2 Å². The van der Waals surface area contributed by atoms with Gasteiger partial charge >= 0.3 is 0 Å². The zero-order valence-electron chi connectivity index (χ0n) is 25.3. The molecule has 5 rings (SSSR count). The van der Waals surface area contributed by atoms with E-state index >= 15 is 0 Å². The van der Waals surface area contributed by atoms with E-state index in [0.717, 1.165) is 0 Å². The smallest absolute Gasteiger partial charge is 0.215 e. The molecule has 2 saturated heterocycles. The van der Waals surface area contributed by atoms with Gasteiger partial charge in [0, 0.05) is 60.1 Å². The van der Waals surface area contributed by atoms with Crippen molar-refractivity contribution in [1.29, 1.82) is 0 Å². The lowest BCUT2D eigenvalue weighted by atomic mass is 10.1. The Kier molecular flexibility index (Phi) is 4.46. The van der Waals surface area contributed by atoms with Crippen molar-refractivity contribution in [2.45, 2.75) is 18.4 Å². The molecule has 1 N–H and O–H groups in total. The topological polar surface area (TPSA) is 60.8 Å². The molecule has 0 unspecified atom stereocenters. The number of aromatic nitrogens is 2. The highest BCUT2D eigenvalue weighted by molar-refractivity contribution is 6.35. The molecular weight excluding hydrogens is 463 g/mol. The highest BCUT2D eigenvalue weighted by Gasteiger charge is 2.45. The molecule has 2 fully saturated rings. The number of halogens is 2. The van der Waals surface area contributed by atoms with Gasteiger partial charge in [0.1, 0.15) is 18.5 Å². The zero-order valence-corrected chi connectivity index (χ0v) is 18.8. The Morgan fingerprint density at radius 1 is 1.18 bits per heavy atom. The van der Waals surface area contributed by atoms with E-state index in [0.29, 0.717) is 26.3 Å². The lowest BCUT2D eigenvalue weighted by Crippen LogP contribution is -2.43. The molecule has 2 aromatic carbocycles. The van der Waals surface area contributed by atoms with Gasteiger partial charge in [-0.15, -0.1) is 0 Å². The first kappa shape index (κ1) is 14.9. The second-order valence-corrected chi connectivity index (χ2v) is 8.25. The Hall–Kier alpha value is -2.29. The first-order valence-corrected chi connectivity index (χ1v) is 10.9. The van der Waals surface area contributed by atoms with Crippen molar-refractivity contribution < 1.29 is 25.2 Å². The summed E-state index contributed by atoms with van der Waals surface area (Å²) >= 11 is 12.6. The summed E-state index contributed by atoms with van der Waals surface area (Å²) < 4.78 is 85.2. The number of anilines is 1. The summed E-state index contributed by atoms with van der Waals surface area (Å²) in [5, 5.41) is 2.65. The molecule has 3 aromatic rings. The van der Waals surface area contributed by atoms with Crippen LogP contribution in [0, 0.1) is 0 Å². The van der Waals surface area contributed by atoms with E-state index in [2.05, 4.69) is 4.98 Å². The van der Waals surface area contributed by atoms with Crippen molar-refractivity contribution in [2.24, 2.45) is 0 Å². The molecule has 2 aliphatic rings. The molecule has 9 heteroatoms. The summed E-state index contributed by atoms with van der Waals surface area (Å²) in [6, 6.07) is 10.6. The predicted octanol–water partition coefficient (Wildman–Crippen LogP) is 3.95. The third kappa shape index (κ3) is 5.13. The number of nitrogens with zero attached hydrogens (tertiary/aromatic N) is 3. The summed E-state index contributed by atoms with van der Waals surface area (Å²) in [4.78, 5) is 4.54. The molecule has 2 atom stereocenters. The Bertz CT molecular complexity index is 1370. The molecular formula is C24H26Cl2N4O3. The lowest BCUT2D eigenvalue weighted by Gasteiger charge is -2.30. The summed E-state index contributed by atoms with van der Waals surface area (Å²) in [5.74, 6) is -0.895. The molecule has 174 valence electrons. The van der Waals surface area contributed by atoms with Crippen LogP contribution >= 0.6 is 23.2 Å². The number of imidazole rings is 1. The Labute approximate surface area is 214 Å². The van der Waals surface area contributed by atoms with Crippen molar-refractivity contribution in [2.75, 3.05) is 44.1 Å². The minimum Gasteiger partial charge on any atom is -0.491 e. The average Bonchev–Trinajstić information content (AvgIpc) is 3.52. The maximum Gasteiger partial charge on any atom is 0.215 e. The van der Waals surface area contributed by atoms with Gasteiger partial charge in [-0.3, -0.25) is 0 Å². The van der Waals surface area contributed by atoms with Crippen LogP contribution in [0.4, 0.5) is 5.69 Å². The van der Waals surface area contributed by atoms with E-state index in [1.165, 1.54) is 24.3 Å². The maximum absolute atomic E-state index is 8.27. The third-order valence-electron chi connectivity index (χ3n) is 5.14. The summed E-state index contributed by atoms with van der Waals surface area (Å²) in [5.41, 5.74) is 0.516. The standard InChI is InChI=1S/C24H26Cl2N4O3/c25-18-1-6-22(23(26)13-18)24(16-29-10-7-28-17-29)32-15-21(33-24)14-31-20-4-2-19(3-5-20)30-11-8-27-9-12-30/h1-7,10,13,17,21,27H,8-9,11-12,14-16H2/t21-,24-/m0/s1/i8D2,9D2,11D2,12D2. The predicted molar refractivity (Wildman–Crippen MR) is 128 cm³/mol. The minimum absolute atomic E-state index is 0.0661. The Morgan fingerprint density at radius 2 is 2.00 bits per heavy atom. The third-order valence-corrected chi connectivity index (χ3v) is 5.69. The van der Waals surface area contributed by atoms with Crippen LogP contribution in [0.2, 0.25) is 10.0 Å². The quantitative estimate of drug-likeness (QED) is 0.534. The van der Waals surface area contributed by atoms with Crippen molar-refractivity contribution in [3.8, 4) is 5.75 Å². The summed E-state index contributed by atoms with van der Waals surface area (Å²) in [7, 11) is 0. The van der Waals surface area contributed by atoms with E-state index in [-0.39, 0.29) is 25.4 Å². The molecule has 0 radical (unpaired) electrons. The van der Waals surface area contributed by atoms with Gasteiger partial charge in [-0.1, -0.05) is 29.3 Å². The molecule has 3 heterocycles. The van der Waals surface area contributed by atoms with Crippen LogP contribution in [-0.4, -0.2) is 54.9 Å². The fourth-order valence-corrected chi connectivity index (χ4v) is 4.16. The van der Waals surface area contributed by atoms with Gasteiger partial charge in [0.2, 0.25) is 5.79 Å². The first-order valence-electron chi connectivity index (χ1n) is 14.1. The van der Waals surface area contributed by atoms with Crippen LogP contribution in [-0.2, 0) is 21.8 Å². The summed E-state index contributed by atoms with van der Waals surface area (Å²) in [6.45, 7) is -11.1. The van der Waals surface area contributed by atoms with Gasteiger partial charge in [0.25, 0.3) is 0 Å². The van der Waals surface area contributed by atoms with E-state index in [9.17, 15) is 0 Å². The normalized spacial score (nSPS) is 32.8. The SMILES string of the molecule is [2H]C1([2H])NC([2H])([2H])C([2H])([2H])N(c2ccc(OC[C@H]3CO[C@](Cn4ccnc4)(c4ccc(Cl)cc4Cl)O3)cc2)C1([2H])[2H]. The minimum atomic E-state index is -2.93. The number of rotatable bonds is 7. The van der Waals surface area contributed by atoms with Gasteiger partial charge in [-0.05, 0) is 36.4 Å². The second-order valence-electron chi connectivity index (χ2n) is 7.40. The average molecular weight is 497 g/mol. The van der Waals surface area contributed by atoms with E-state index < -0.39 is 37.9 Å². The molecule has 7 nitrogen and oxygen atoms in total. The van der Waals surface area contributed by atoms with Crippen LogP contribution in [0.25, 0.3) is 0 Å². The highest BCUT2D eigenvalue weighted by Crippen LogP contribution is 2.40. The van der Waals surface area contributed by atoms with Crippen LogP contribution < -0.4 is 15.0 Å². The molecule has 2 aliphatic heterocycles. The van der Waals surface area contributed by atoms with Crippen LogP contribution in [0.5, 0.6) is 5.75 Å². The van der Waals surface area contributed by atoms with Crippen LogP contribution in [0.3, 0.4) is 0 Å². The van der Waals surface area contributed by atoms with Crippen molar-refractivity contribution in [3.63, 3.8) is 0 Å². The fourth-order valence-electron chi connectivity index (χ4n) is 3.61. The molecule has 0 spiro atoms. The molecule has 0 amide bonds. The lowest BCUT2D eigenvalue weighted by molar-refractivity contribution is -0.189. The van der Waals surface area contributed by atoms with Crippen molar-refractivity contribution >= 4 is 28.9 Å². The van der Waals surface area contributed by atoms with E-state index in [1.54, 1.807) is 41.5 Å². The highest BCUT2D eigenvalue weighted by atomic mass is 35.5. The largest absolute Gasteiger partial charge is 0.491 e. The number of hydrogen-bond donors (Lipinski definition) is 1. The number of nitrogens with one attached hydrogen (secondary N) is 1. The van der Waals surface area contributed by atoms with Gasteiger partial charge < -0.3 is 29.0 Å². The molecule has 0 bridgehead atoms. The van der Waals surface area contributed by atoms with Gasteiger partial charge in [0.15, 0.2) is 0 Å². The molecule has 0 aliphatic carbocycles. The molecule has 33 heavy (non-hydrogen) atoms. The summed E-state index contributed by atoms with van der Waals surface area (Å²) in [6.07, 6.45) is 4.52. The maximum atomic E-state index is 8.27. The number of benzene rings is 2. The Balaban J connectivity index is 1.32. The van der Waals surface area contributed by atoms with Crippen LogP contribution in [0.1, 0.15) is 16.5 Å². The number of piperazine rings is 1. The second kappa shape index (κ2) is 9.91. The molecule has 1 aromatic heterocycles. The fraction of sp³-hybridized carbons (Fsp3) is 0.375. The first-order chi connectivity index (χ1) is 19.1. The van der Waals surface area contributed by atoms with Crippen molar-refractivity contribution in [1.82, 2.24) is 14.9 Å². The van der Waals surface area contributed by atoms with Gasteiger partial charge in [0.05, 0.1) is 30.0 Å². The molecule has 0 saturated carbocycles. The van der Waals surface area contributed by atoms with Gasteiger partial charge in [-0.25, -0.2) is 4.98 Å². The van der Waals surface area contributed by atoms with E-state index in [1.807, 2.05) is 5.32 Å². The number of hydrogen-bond acceptors (Lipinski definition) is 6. The van der Waals surface area contributed by atoms with Gasteiger partial charge in [-0.2, -0.15) is 0 Å².